The van der Waals surface area contributed by atoms with E-state index in [4.69, 9.17) is 0 Å². The van der Waals surface area contributed by atoms with E-state index in [0.29, 0.717) is 18.9 Å². The lowest BCUT2D eigenvalue weighted by Crippen LogP contribution is -2.43. The van der Waals surface area contributed by atoms with Crippen molar-refractivity contribution in [1.29, 1.82) is 0 Å². The summed E-state index contributed by atoms with van der Waals surface area (Å²) in [6, 6.07) is -0.299. The summed E-state index contributed by atoms with van der Waals surface area (Å²) in [6.45, 7) is 6.44. The predicted octanol–water partition coefficient (Wildman–Crippen LogP) is 1.73. The Labute approximate surface area is 135 Å². The Morgan fingerprint density at radius 3 is 2.68 bits per heavy atom. The van der Waals surface area contributed by atoms with Crippen molar-refractivity contribution in [3.05, 3.63) is 16.1 Å². The van der Waals surface area contributed by atoms with E-state index in [1.54, 1.807) is 16.2 Å². The fourth-order valence-electron chi connectivity index (χ4n) is 2.30. The van der Waals surface area contributed by atoms with Crippen LogP contribution in [0, 0.1) is 0 Å². The third-order valence-electron chi connectivity index (χ3n) is 3.59. The maximum Gasteiger partial charge on any atom is 0.315 e. The lowest BCUT2D eigenvalue weighted by Gasteiger charge is -2.15. The first kappa shape index (κ1) is 16.7. The van der Waals surface area contributed by atoms with Crippen LogP contribution in [0.4, 0.5) is 4.79 Å². The largest absolute Gasteiger partial charge is 0.341 e. The van der Waals surface area contributed by atoms with E-state index >= 15 is 0 Å². The highest BCUT2D eigenvalue weighted by atomic mass is 32.1. The molecule has 0 unspecified atom stereocenters. The summed E-state index contributed by atoms with van der Waals surface area (Å²) in [7, 11) is 0. The second-order valence-electron chi connectivity index (χ2n) is 5.78. The number of urea groups is 1. The fraction of sp³-hybridized carbons (Fsp3) is 0.667. The van der Waals surface area contributed by atoms with E-state index in [1.165, 1.54) is 0 Å². The molecule has 22 heavy (non-hydrogen) atoms. The standard InChI is InChI=1S/C15H24N4O2S/c1-11(2)14-18-12(10-22-14)5-6-16-15(21)17-9-13(20)19-7-3-4-8-19/h10-11H,3-9H2,1-2H3,(H2,16,17,21). The van der Waals surface area contributed by atoms with Gasteiger partial charge in [0.15, 0.2) is 0 Å². The van der Waals surface area contributed by atoms with Crippen LogP contribution in [0.3, 0.4) is 0 Å². The smallest absolute Gasteiger partial charge is 0.315 e. The van der Waals surface area contributed by atoms with Crippen molar-refractivity contribution < 1.29 is 9.59 Å². The molecular formula is C15H24N4O2S. The maximum absolute atomic E-state index is 11.8. The third kappa shape index (κ3) is 4.98. The monoisotopic (exact) mass is 324 g/mol. The number of aromatic nitrogens is 1. The van der Waals surface area contributed by atoms with E-state index in [9.17, 15) is 9.59 Å². The zero-order valence-corrected chi connectivity index (χ0v) is 14.0. The molecule has 2 N–H and O–H groups in total. The molecule has 2 rings (SSSR count). The topological polar surface area (TPSA) is 74.3 Å². The van der Waals surface area contributed by atoms with Gasteiger partial charge in [0.05, 0.1) is 17.2 Å². The number of amides is 3. The van der Waals surface area contributed by atoms with Gasteiger partial charge in [0, 0.05) is 37.4 Å². The van der Waals surface area contributed by atoms with Crippen molar-refractivity contribution in [3.8, 4) is 0 Å². The molecule has 0 spiro atoms. The van der Waals surface area contributed by atoms with E-state index in [1.807, 2.05) is 5.38 Å². The third-order valence-corrected chi connectivity index (χ3v) is 4.78. The summed E-state index contributed by atoms with van der Waals surface area (Å²) in [5.41, 5.74) is 1.00. The number of rotatable bonds is 6. The van der Waals surface area contributed by atoms with E-state index in [0.717, 1.165) is 36.6 Å². The van der Waals surface area contributed by atoms with Crippen LogP contribution in [0.15, 0.2) is 5.38 Å². The van der Waals surface area contributed by atoms with Gasteiger partial charge in [-0.15, -0.1) is 11.3 Å². The maximum atomic E-state index is 11.8. The first-order chi connectivity index (χ1) is 10.6. The van der Waals surface area contributed by atoms with Gasteiger partial charge in [0.25, 0.3) is 0 Å². The Morgan fingerprint density at radius 2 is 2.05 bits per heavy atom. The van der Waals surface area contributed by atoms with Gasteiger partial charge in [-0.25, -0.2) is 9.78 Å². The molecule has 1 aromatic heterocycles. The highest BCUT2D eigenvalue weighted by Gasteiger charge is 2.17. The van der Waals surface area contributed by atoms with Gasteiger partial charge in [0.2, 0.25) is 5.91 Å². The van der Waals surface area contributed by atoms with Crippen molar-refractivity contribution >= 4 is 23.3 Å². The Hall–Kier alpha value is -1.63. The fourth-order valence-corrected chi connectivity index (χ4v) is 3.17. The van der Waals surface area contributed by atoms with E-state index < -0.39 is 0 Å². The molecule has 1 saturated heterocycles. The van der Waals surface area contributed by atoms with Crippen molar-refractivity contribution in [3.63, 3.8) is 0 Å². The Morgan fingerprint density at radius 1 is 1.32 bits per heavy atom. The number of thiazole rings is 1. The molecule has 0 bridgehead atoms. The lowest BCUT2D eigenvalue weighted by molar-refractivity contribution is -0.128. The molecule has 6 nitrogen and oxygen atoms in total. The molecule has 0 atom stereocenters. The van der Waals surface area contributed by atoms with Gasteiger partial charge >= 0.3 is 6.03 Å². The molecule has 122 valence electrons. The first-order valence-corrected chi connectivity index (χ1v) is 8.68. The average molecular weight is 324 g/mol. The molecule has 1 aliphatic heterocycles. The molecule has 1 fully saturated rings. The van der Waals surface area contributed by atoms with Crippen LogP contribution in [0.5, 0.6) is 0 Å². The number of carbonyl (C=O) groups excluding carboxylic acids is 2. The molecule has 1 aromatic rings. The summed E-state index contributed by atoms with van der Waals surface area (Å²) in [4.78, 5) is 29.8. The lowest BCUT2D eigenvalue weighted by atomic mass is 10.2. The minimum Gasteiger partial charge on any atom is -0.341 e. The Bertz CT molecular complexity index is 509. The normalized spacial score (nSPS) is 14.4. The van der Waals surface area contributed by atoms with Crippen LogP contribution < -0.4 is 10.6 Å². The number of nitrogens with zero attached hydrogens (tertiary/aromatic N) is 2. The van der Waals surface area contributed by atoms with E-state index in [-0.39, 0.29) is 18.5 Å². The summed E-state index contributed by atoms with van der Waals surface area (Å²) >= 11 is 1.66. The summed E-state index contributed by atoms with van der Waals surface area (Å²) in [5, 5.41) is 8.52. The van der Waals surface area contributed by atoms with Gasteiger partial charge in [-0.2, -0.15) is 0 Å². The Balaban J connectivity index is 1.61. The molecule has 1 aliphatic rings. The highest BCUT2D eigenvalue weighted by molar-refractivity contribution is 7.09. The van der Waals surface area contributed by atoms with Crippen molar-refractivity contribution in [2.24, 2.45) is 0 Å². The molecule has 0 saturated carbocycles. The molecule has 0 aliphatic carbocycles. The van der Waals surface area contributed by atoms with Gasteiger partial charge in [-0.1, -0.05) is 13.8 Å². The van der Waals surface area contributed by atoms with Crippen molar-refractivity contribution in [2.45, 2.75) is 39.0 Å². The zero-order chi connectivity index (χ0) is 15.9. The summed E-state index contributed by atoms with van der Waals surface area (Å²) in [5.74, 6) is 0.431. The first-order valence-electron chi connectivity index (χ1n) is 7.80. The van der Waals surface area contributed by atoms with Gasteiger partial charge in [-0.3, -0.25) is 4.79 Å². The van der Waals surface area contributed by atoms with Crippen LogP contribution in [0.2, 0.25) is 0 Å². The second-order valence-corrected chi connectivity index (χ2v) is 6.67. The van der Waals surface area contributed by atoms with Gasteiger partial charge < -0.3 is 15.5 Å². The average Bonchev–Trinajstić information content (AvgIpc) is 3.16. The molecular weight excluding hydrogens is 300 g/mol. The molecule has 0 aromatic carbocycles. The number of carbonyl (C=O) groups is 2. The molecule has 3 amide bonds. The minimum atomic E-state index is -0.299. The SMILES string of the molecule is CC(C)c1nc(CCNC(=O)NCC(=O)N2CCCC2)cs1. The summed E-state index contributed by atoms with van der Waals surface area (Å²) in [6.07, 6.45) is 2.82. The number of nitrogens with one attached hydrogen (secondary N) is 2. The van der Waals surface area contributed by atoms with Gasteiger partial charge in [-0.05, 0) is 12.8 Å². The quantitative estimate of drug-likeness (QED) is 0.837. The van der Waals surface area contributed by atoms with Gasteiger partial charge in [0.1, 0.15) is 0 Å². The summed E-state index contributed by atoms with van der Waals surface area (Å²) < 4.78 is 0. The molecule has 0 radical (unpaired) electrons. The number of hydrogen-bond acceptors (Lipinski definition) is 4. The van der Waals surface area contributed by atoms with Crippen LogP contribution in [-0.2, 0) is 11.2 Å². The zero-order valence-electron chi connectivity index (χ0n) is 13.2. The van der Waals surface area contributed by atoms with Crippen molar-refractivity contribution in [2.75, 3.05) is 26.2 Å². The molecule has 2 heterocycles. The number of hydrogen-bond donors (Lipinski definition) is 2. The van der Waals surface area contributed by atoms with Crippen molar-refractivity contribution in [1.82, 2.24) is 20.5 Å². The van der Waals surface area contributed by atoms with Crippen LogP contribution >= 0.6 is 11.3 Å². The van der Waals surface area contributed by atoms with Crippen LogP contribution in [0.25, 0.3) is 0 Å². The highest BCUT2D eigenvalue weighted by Crippen LogP contribution is 2.19. The predicted molar refractivity (Wildman–Crippen MR) is 87.1 cm³/mol. The molecule has 7 heteroatoms. The second kappa shape index (κ2) is 8.12. The van der Waals surface area contributed by atoms with E-state index in [2.05, 4.69) is 29.5 Å². The van der Waals surface area contributed by atoms with Crippen LogP contribution in [-0.4, -0.2) is 48.0 Å². The minimum absolute atomic E-state index is 0.00581. The van der Waals surface area contributed by atoms with Crippen LogP contribution in [0.1, 0.15) is 43.3 Å². The number of likely N-dealkylation sites (tertiary alicyclic amines) is 1. The Kier molecular flexibility index (Phi) is 6.18.